The average molecular weight is 336 g/mol. The number of ether oxygens (including phenoxy) is 2. The molecule has 1 saturated carbocycles. The van der Waals surface area contributed by atoms with E-state index in [1.54, 1.807) is 12.1 Å². The van der Waals surface area contributed by atoms with Crippen LogP contribution in [0.3, 0.4) is 0 Å². The Hall–Kier alpha value is -1.70. The van der Waals surface area contributed by atoms with Gasteiger partial charge in [0.2, 0.25) is 0 Å². The Morgan fingerprint density at radius 3 is 2.54 bits per heavy atom. The summed E-state index contributed by atoms with van der Waals surface area (Å²) in [5, 5.41) is 24.9. The summed E-state index contributed by atoms with van der Waals surface area (Å²) in [4.78, 5) is 10.7. The number of aliphatic hydroxyl groups is 1. The molecule has 1 aliphatic carbocycles. The predicted molar refractivity (Wildman–Crippen MR) is 89.0 cm³/mol. The number of nitrogens with one attached hydrogen (secondary N) is 1. The van der Waals surface area contributed by atoms with Gasteiger partial charge in [0.15, 0.2) is 5.79 Å². The Kier molecular flexibility index (Phi) is 4.76. The van der Waals surface area contributed by atoms with Crippen molar-refractivity contribution in [1.29, 1.82) is 0 Å². The smallest absolute Gasteiger partial charge is 0.292 e. The zero-order valence-electron chi connectivity index (χ0n) is 13.9. The highest BCUT2D eigenvalue weighted by Gasteiger charge is 2.45. The molecule has 0 atom stereocenters. The Labute approximate surface area is 141 Å². The molecule has 0 amide bonds. The van der Waals surface area contributed by atoms with Crippen LogP contribution in [0.25, 0.3) is 0 Å². The molecule has 1 aromatic carbocycles. The molecule has 7 nitrogen and oxygen atoms in total. The van der Waals surface area contributed by atoms with Gasteiger partial charge in [-0.3, -0.25) is 10.1 Å². The Morgan fingerprint density at radius 1 is 1.25 bits per heavy atom. The third-order valence-electron chi connectivity index (χ3n) is 5.01. The van der Waals surface area contributed by atoms with Gasteiger partial charge in [0, 0.05) is 25.5 Å². The zero-order chi connectivity index (χ0) is 17.2. The van der Waals surface area contributed by atoms with Crippen LogP contribution in [0.2, 0.25) is 0 Å². The first-order chi connectivity index (χ1) is 11.4. The highest BCUT2D eigenvalue weighted by atomic mass is 16.7. The standard InChI is InChI=1S/C17H24N2O5/c1-13-2-3-15(19(21)22)14(12-13)18-9-8-16(20)4-6-17(7-5-16)23-10-11-24-17/h2-3,12,18,20H,4-11H2,1H3. The van der Waals surface area contributed by atoms with Crippen LogP contribution in [0.15, 0.2) is 18.2 Å². The van der Waals surface area contributed by atoms with E-state index in [2.05, 4.69) is 5.32 Å². The van der Waals surface area contributed by atoms with E-state index in [1.165, 1.54) is 6.07 Å². The minimum Gasteiger partial charge on any atom is -0.390 e. The van der Waals surface area contributed by atoms with Crippen molar-refractivity contribution in [2.45, 2.75) is 50.4 Å². The third kappa shape index (κ3) is 3.68. The number of nitrogens with zero attached hydrogens (tertiary/aromatic N) is 1. The van der Waals surface area contributed by atoms with Crippen molar-refractivity contribution in [2.24, 2.45) is 0 Å². The second-order valence-corrected chi connectivity index (χ2v) is 6.79. The van der Waals surface area contributed by atoms with Gasteiger partial charge in [-0.15, -0.1) is 0 Å². The van der Waals surface area contributed by atoms with E-state index in [-0.39, 0.29) is 5.69 Å². The summed E-state index contributed by atoms with van der Waals surface area (Å²) < 4.78 is 11.4. The van der Waals surface area contributed by atoms with Crippen molar-refractivity contribution >= 4 is 11.4 Å². The molecule has 2 N–H and O–H groups in total. The van der Waals surface area contributed by atoms with E-state index in [9.17, 15) is 15.2 Å². The van der Waals surface area contributed by atoms with Gasteiger partial charge in [0.05, 0.1) is 23.7 Å². The molecule has 1 spiro atoms. The Balaban J connectivity index is 1.55. The summed E-state index contributed by atoms with van der Waals surface area (Å²) in [6.45, 7) is 3.62. The highest BCUT2D eigenvalue weighted by Crippen LogP contribution is 2.41. The first kappa shape index (κ1) is 17.1. The van der Waals surface area contributed by atoms with E-state index < -0.39 is 16.3 Å². The molecule has 1 aliphatic heterocycles. The molecule has 3 rings (SSSR count). The summed E-state index contributed by atoms with van der Waals surface area (Å²) in [5.74, 6) is -0.491. The minimum atomic E-state index is -0.772. The molecule has 1 aromatic rings. The van der Waals surface area contributed by atoms with Crippen LogP contribution in [0.5, 0.6) is 0 Å². The monoisotopic (exact) mass is 336 g/mol. The van der Waals surface area contributed by atoms with Crippen molar-refractivity contribution < 1.29 is 19.5 Å². The highest BCUT2D eigenvalue weighted by molar-refractivity contribution is 5.62. The van der Waals surface area contributed by atoms with Gasteiger partial charge in [-0.1, -0.05) is 6.07 Å². The molecular formula is C17H24N2O5. The largest absolute Gasteiger partial charge is 0.390 e. The zero-order valence-corrected chi connectivity index (χ0v) is 13.9. The maximum atomic E-state index is 11.1. The first-order valence-electron chi connectivity index (χ1n) is 8.41. The number of benzene rings is 1. The maximum Gasteiger partial charge on any atom is 0.292 e. The lowest BCUT2D eigenvalue weighted by atomic mass is 9.79. The summed E-state index contributed by atoms with van der Waals surface area (Å²) >= 11 is 0. The fraction of sp³-hybridized carbons (Fsp3) is 0.647. The fourth-order valence-corrected chi connectivity index (χ4v) is 3.51. The van der Waals surface area contributed by atoms with Gasteiger partial charge < -0.3 is 19.9 Å². The maximum absolute atomic E-state index is 11.1. The van der Waals surface area contributed by atoms with E-state index >= 15 is 0 Å². The van der Waals surface area contributed by atoms with Crippen molar-refractivity contribution in [3.63, 3.8) is 0 Å². The SMILES string of the molecule is Cc1ccc([N+](=O)[O-])c(NCCC2(O)CCC3(CC2)OCCO3)c1. The van der Waals surface area contributed by atoms with Crippen LogP contribution in [0, 0.1) is 17.0 Å². The molecule has 0 aromatic heterocycles. The summed E-state index contributed by atoms with van der Waals surface area (Å²) in [7, 11) is 0. The van der Waals surface area contributed by atoms with Gasteiger partial charge in [-0.05, 0) is 37.8 Å². The molecule has 7 heteroatoms. The summed E-state index contributed by atoms with van der Waals surface area (Å²) in [6, 6.07) is 4.99. The van der Waals surface area contributed by atoms with Crippen molar-refractivity contribution in [1.82, 2.24) is 0 Å². The summed E-state index contributed by atoms with van der Waals surface area (Å²) in [6.07, 6.45) is 3.14. The lowest BCUT2D eigenvalue weighted by Gasteiger charge is -2.40. The van der Waals surface area contributed by atoms with Crippen molar-refractivity contribution in [3.8, 4) is 0 Å². The quantitative estimate of drug-likeness (QED) is 0.634. The van der Waals surface area contributed by atoms with Crippen LogP contribution in [0.4, 0.5) is 11.4 Å². The van der Waals surface area contributed by atoms with Gasteiger partial charge in [-0.2, -0.15) is 0 Å². The van der Waals surface area contributed by atoms with Crippen LogP contribution in [-0.4, -0.2) is 41.2 Å². The normalized spacial score (nSPS) is 21.8. The van der Waals surface area contributed by atoms with E-state index in [4.69, 9.17) is 9.47 Å². The van der Waals surface area contributed by atoms with Gasteiger partial charge in [0.25, 0.3) is 5.69 Å². The van der Waals surface area contributed by atoms with Crippen LogP contribution < -0.4 is 5.32 Å². The molecule has 0 radical (unpaired) electrons. The number of rotatable bonds is 5. The molecule has 24 heavy (non-hydrogen) atoms. The number of hydrogen-bond acceptors (Lipinski definition) is 6. The molecule has 1 heterocycles. The number of hydrogen-bond donors (Lipinski definition) is 2. The van der Waals surface area contributed by atoms with Crippen LogP contribution >= 0.6 is 0 Å². The Bertz CT molecular complexity index is 603. The lowest BCUT2D eigenvalue weighted by molar-refractivity contribution is -0.384. The van der Waals surface area contributed by atoms with E-state index in [0.29, 0.717) is 57.6 Å². The van der Waals surface area contributed by atoms with E-state index in [0.717, 1.165) is 5.56 Å². The molecule has 0 unspecified atom stereocenters. The predicted octanol–water partition coefficient (Wildman–Crippen LogP) is 2.75. The number of nitro groups is 1. The second kappa shape index (κ2) is 6.66. The van der Waals surface area contributed by atoms with Crippen molar-refractivity contribution in [3.05, 3.63) is 33.9 Å². The molecule has 2 aliphatic rings. The first-order valence-corrected chi connectivity index (χ1v) is 8.41. The second-order valence-electron chi connectivity index (χ2n) is 6.79. The van der Waals surface area contributed by atoms with Crippen molar-refractivity contribution in [2.75, 3.05) is 25.1 Å². The number of nitro benzene ring substituents is 1. The Morgan fingerprint density at radius 2 is 1.92 bits per heavy atom. The number of aryl methyl sites for hydroxylation is 1. The molecule has 132 valence electrons. The summed E-state index contributed by atoms with van der Waals surface area (Å²) in [5.41, 5.74) is 0.741. The topological polar surface area (TPSA) is 93.9 Å². The molecule has 1 saturated heterocycles. The molecular weight excluding hydrogens is 312 g/mol. The minimum absolute atomic E-state index is 0.0583. The lowest BCUT2D eigenvalue weighted by Crippen LogP contribution is -2.44. The van der Waals surface area contributed by atoms with Gasteiger partial charge in [0.1, 0.15) is 5.69 Å². The molecule has 2 fully saturated rings. The molecule has 0 bridgehead atoms. The van der Waals surface area contributed by atoms with Gasteiger partial charge >= 0.3 is 0 Å². The third-order valence-corrected chi connectivity index (χ3v) is 5.01. The van der Waals surface area contributed by atoms with Crippen LogP contribution in [-0.2, 0) is 9.47 Å². The van der Waals surface area contributed by atoms with E-state index in [1.807, 2.05) is 6.92 Å². The van der Waals surface area contributed by atoms with Gasteiger partial charge in [-0.25, -0.2) is 0 Å². The fourth-order valence-electron chi connectivity index (χ4n) is 3.51. The van der Waals surface area contributed by atoms with Crippen LogP contribution in [0.1, 0.15) is 37.7 Å². The number of anilines is 1. The average Bonchev–Trinajstić information content (AvgIpc) is 2.99.